The molecule has 1 atom stereocenters. The van der Waals surface area contributed by atoms with Crippen LogP contribution in [0.2, 0.25) is 0 Å². The van der Waals surface area contributed by atoms with E-state index in [1.165, 1.54) is 25.9 Å². The van der Waals surface area contributed by atoms with E-state index >= 15 is 0 Å². The molecule has 5 rings (SSSR count). The number of amides is 1. The van der Waals surface area contributed by atoms with Gasteiger partial charge in [0.2, 0.25) is 0 Å². The second kappa shape index (κ2) is 6.06. The van der Waals surface area contributed by atoms with Crippen LogP contribution in [0.25, 0.3) is 10.4 Å². The third-order valence-electron chi connectivity index (χ3n) is 5.04. The Hall–Kier alpha value is -1.72. The molecule has 3 aliphatic rings. The zero-order valence-corrected chi connectivity index (χ0v) is 14.1. The summed E-state index contributed by atoms with van der Waals surface area (Å²) >= 11 is 1.56. The van der Waals surface area contributed by atoms with E-state index in [9.17, 15) is 4.79 Å². The van der Waals surface area contributed by atoms with Crippen molar-refractivity contribution in [2.24, 2.45) is 5.92 Å². The lowest BCUT2D eigenvalue weighted by Gasteiger charge is -2.44. The normalized spacial score (nSPS) is 26.2. The molecule has 0 radical (unpaired) electrons. The Morgan fingerprint density at radius 3 is 2.87 bits per heavy atom. The highest BCUT2D eigenvalue weighted by molar-refractivity contribution is 7.17. The molecule has 1 N–H and O–H groups in total. The molecule has 0 saturated carbocycles. The predicted octanol–water partition coefficient (Wildman–Crippen LogP) is 2.94. The van der Waals surface area contributed by atoms with Gasteiger partial charge in [0.1, 0.15) is 0 Å². The number of fused-ring (bicyclic) bond motifs is 3. The monoisotopic (exact) mass is 327 g/mol. The average molecular weight is 327 g/mol. The van der Waals surface area contributed by atoms with Crippen molar-refractivity contribution in [3.63, 3.8) is 0 Å². The maximum absolute atomic E-state index is 12.7. The van der Waals surface area contributed by atoms with Gasteiger partial charge >= 0.3 is 0 Å². The molecule has 2 aromatic heterocycles. The van der Waals surface area contributed by atoms with Gasteiger partial charge in [0.15, 0.2) is 0 Å². The average Bonchev–Trinajstić information content (AvgIpc) is 2.99. The fourth-order valence-corrected chi connectivity index (χ4v) is 4.79. The molecule has 5 heterocycles. The van der Waals surface area contributed by atoms with Crippen LogP contribution in [-0.4, -0.2) is 41.5 Å². The summed E-state index contributed by atoms with van der Waals surface area (Å²) in [6.07, 6.45) is 6.05. The molecule has 0 unspecified atom stereocenters. The second-order valence-corrected chi connectivity index (χ2v) is 7.63. The number of aromatic nitrogens is 1. The van der Waals surface area contributed by atoms with Crippen molar-refractivity contribution in [2.45, 2.75) is 25.8 Å². The van der Waals surface area contributed by atoms with Gasteiger partial charge in [0, 0.05) is 35.4 Å². The zero-order chi connectivity index (χ0) is 15.8. The van der Waals surface area contributed by atoms with E-state index in [0.717, 1.165) is 27.4 Å². The molecule has 23 heavy (non-hydrogen) atoms. The zero-order valence-electron chi connectivity index (χ0n) is 13.3. The van der Waals surface area contributed by atoms with Gasteiger partial charge in [0.25, 0.3) is 5.91 Å². The van der Waals surface area contributed by atoms with Crippen LogP contribution in [0.15, 0.2) is 30.6 Å². The Morgan fingerprint density at radius 2 is 2.22 bits per heavy atom. The molecule has 1 amide bonds. The summed E-state index contributed by atoms with van der Waals surface area (Å²) in [6.45, 7) is 5.42. The SMILES string of the molecule is Cc1cc(-c2cccnc2)sc1C(=O)N[C@H]1CN2CCC1CC2. The van der Waals surface area contributed by atoms with Gasteiger partial charge in [-0.25, -0.2) is 0 Å². The number of piperidine rings is 3. The lowest BCUT2D eigenvalue weighted by atomic mass is 9.84. The van der Waals surface area contributed by atoms with Crippen LogP contribution in [0.3, 0.4) is 0 Å². The van der Waals surface area contributed by atoms with Gasteiger partial charge < -0.3 is 10.2 Å². The molecule has 3 aliphatic heterocycles. The first kappa shape index (κ1) is 14.8. The predicted molar refractivity (Wildman–Crippen MR) is 92.7 cm³/mol. The van der Waals surface area contributed by atoms with E-state index in [0.29, 0.717) is 12.0 Å². The minimum Gasteiger partial charge on any atom is -0.347 e. The maximum atomic E-state index is 12.7. The van der Waals surface area contributed by atoms with Gasteiger partial charge in [-0.1, -0.05) is 6.07 Å². The third-order valence-corrected chi connectivity index (χ3v) is 6.33. The Morgan fingerprint density at radius 1 is 1.39 bits per heavy atom. The van der Waals surface area contributed by atoms with Crippen molar-refractivity contribution >= 4 is 17.2 Å². The van der Waals surface area contributed by atoms with Crippen LogP contribution in [0, 0.1) is 12.8 Å². The van der Waals surface area contributed by atoms with Crippen molar-refractivity contribution in [1.82, 2.24) is 15.2 Å². The Bertz CT molecular complexity index is 704. The fourth-order valence-electron chi connectivity index (χ4n) is 3.72. The quantitative estimate of drug-likeness (QED) is 0.943. The number of carbonyl (C=O) groups is 1. The van der Waals surface area contributed by atoms with Gasteiger partial charge in [-0.2, -0.15) is 0 Å². The molecule has 3 fully saturated rings. The number of hydrogen-bond donors (Lipinski definition) is 1. The van der Waals surface area contributed by atoms with E-state index in [2.05, 4.69) is 21.3 Å². The number of carbonyl (C=O) groups excluding carboxylic acids is 1. The van der Waals surface area contributed by atoms with E-state index in [4.69, 9.17) is 0 Å². The second-order valence-electron chi connectivity index (χ2n) is 6.58. The Balaban J connectivity index is 1.52. The molecular formula is C18H21N3OS. The molecule has 4 nitrogen and oxygen atoms in total. The smallest absolute Gasteiger partial charge is 0.261 e. The standard InChI is InChI=1S/C18H21N3OS/c1-12-9-16(14-3-2-6-19-10-14)23-17(12)18(22)20-15-11-21-7-4-13(15)5-8-21/h2-3,6,9-10,13,15H,4-5,7-8,11H2,1H3,(H,20,22)/t15-/m0/s1. The summed E-state index contributed by atoms with van der Waals surface area (Å²) < 4.78 is 0. The minimum absolute atomic E-state index is 0.0846. The van der Waals surface area contributed by atoms with E-state index in [-0.39, 0.29) is 5.91 Å². The summed E-state index contributed by atoms with van der Waals surface area (Å²) in [5.41, 5.74) is 2.12. The van der Waals surface area contributed by atoms with Crippen molar-refractivity contribution in [2.75, 3.05) is 19.6 Å². The molecule has 0 aliphatic carbocycles. The molecule has 120 valence electrons. The largest absolute Gasteiger partial charge is 0.347 e. The molecular weight excluding hydrogens is 306 g/mol. The number of nitrogens with zero attached hydrogens (tertiary/aromatic N) is 2. The lowest BCUT2D eigenvalue weighted by Crippen LogP contribution is -2.57. The first-order valence-electron chi connectivity index (χ1n) is 8.25. The van der Waals surface area contributed by atoms with Gasteiger partial charge in [-0.3, -0.25) is 9.78 Å². The summed E-state index contributed by atoms with van der Waals surface area (Å²) in [7, 11) is 0. The summed E-state index contributed by atoms with van der Waals surface area (Å²) in [5.74, 6) is 0.739. The third kappa shape index (κ3) is 2.91. The molecule has 2 bridgehead atoms. The Kier molecular flexibility index (Phi) is 3.91. The first-order valence-corrected chi connectivity index (χ1v) is 9.06. The van der Waals surface area contributed by atoms with Crippen molar-refractivity contribution in [1.29, 1.82) is 0 Å². The summed E-state index contributed by atoms with van der Waals surface area (Å²) in [6, 6.07) is 6.37. The van der Waals surface area contributed by atoms with Crippen LogP contribution < -0.4 is 5.32 Å². The van der Waals surface area contributed by atoms with Crippen molar-refractivity contribution in [3.8, 4) is 10.4 Å². The minimum atomic E-state index is 0.0846. The number of rotatable bonds is 3. The number of nitrogens with one attached hydrogen (secondary N) is 1. The molecule has 2 aromatic rings. The topological polar surface area (TPSA) is 45.2 Å². The lowest BCUT2D eigenvalue weighted by molar-refractivity contribution is 0.0622. The number of hydrogen-bond acceptors (Lipinski definition) is 4. The molecule has 0 spiro atoms. The van der Waals surface area contributed by atoms with Crippen molar-refractivity contribution < 1.29 is 4.79 Å². The summed E-state index contributed by atoms with van der Waals surface area (Å²) in [5, 5.41) is 3.29. The molecule has 0 aromatic carbocycles. The number of pyridine rings is 1. The van der Waals surface area contributed by atoms with Gasteiger partial charge in [-0.05, 0) is 56.5 Å². The fraction of sp³-hybridized carbons (Fsp3) is 0.444. The van der Waals surface area contributed by atoms with Crippen LogP contribution in [-0.2, 0) is 0 Å². The number of aryl methyl sites for hydroxylation is 1. The van der Waals surface area contributed by atoms with E-state index < -0.39 is 0 Å². The number of thiophene rings is 1. The first-order chi connectivity index (χ1) is 11.2. The highest BCUT2D eigenvalue weighted by atomic mass is 32.1. The van der Waals surface area contributed by atoms with E-state index in [1.807, 2.05) is 25.3 Å². The molecule has 5 heteroatoms. The van der Waals surface area contributed by atoms with E-state index in [1.54, 1.807) is 17.5 Å². The van der Waals surface area contributed by atoms with Crippen LogP contribution in [0.1, 0.15) is 28.1 Å². The van der Waals surface area contributed by atoms with Crippen LogP contribution in [0.5, 0.6) is 0 Å². The maximum Gasteiger partial charge on any atom is 0.261 e. The van der Waals surface area contributed by atoms with Gasteiger partial charge in [-0.15, -0.1) is 11.3 Å². The highest BCUT2D eigenvalue weighted by Crippen LogP contribution is 2.32. The van der Waals surface area contributed by atoms with Crippen LogP contribution >= 0.6 is 11.3 Å². The Labute approximate surface area is 140 Å². The van der Waals surface area contributed by atoms with Crippen LogP contribution in [0.4, 0.5) is 0 Å². The highest BCUT2D eigenvalue weighted by Gasteiger charge is 2.35. The van der Waals surface area contributed by atoms with Crippen molar-refractivity contribution in [3.05, 3.63) is 41.0 Å². The molecule has 3 saturated heterocycles. The van der Waals surface area contributed by atoms with Gasteiger partial charge in [0.05, 0.1) is 4.88 Å². The summed E-state index contributed by atoms with van der Waals surface area (Å²) in [4.78, 5) is 21.3.